The first kappa shape index (κ1) is 17.9. The molecule has 128 valence electrons. The summed E-state index contributed by atoms with van der Waals surface area (Å²) in [7, 11) is 0. The van der Waals surface area contributed by atoms with Gasteiger partial charge in [0.1, 0.15) is 5.71 Å². The van der Waals surface area contributed by atoms with E-state index in [1.54, 1.807) is 0 Å². The Labute approximate surface area is 161 Å². The van der Waals surface area contributed by atoms with Gasteiger partial charge >= 0.3 is 0 Å². The molecule has 0 spiro atoms. The molecule has 5 heteroatoms. The minimum Gasteiger partial charge on any atom is -0.338 e. The molecule has 0 saturated heterocycles. The molecule has 0 fully saturated rings. The topological polar surface area (TPSA) is 36.8 Å². The van der Waals surface area contributed by atoms with Gasteiger partial charge in [-0.2, -0.15) is 0 Å². The van der Waals surface area contributed by atoms with Crippen molar-refractivity contribution in [2.45, 2.75) is 26.3 Å². The zero-order chi connectivity index (χ0) is 18.0. The van der Waals surface area contributed by atoms with E-state index >= 15 is 0 Å². The molecular weight excluding hydrogens is 398 g/mol. The quantitative estimate of drug-likeness (QED) is 0.621. The molecule has 0 amide bonds. The van der Waals surface area contributed by atoms with Gasteiger partial charge in [-0.3, -0.25) is 4.99 Å². The fraction of sp³-hybridized carbons (Fsp3) is 0.200. The number of nitrogens with zero attached hydrogens (tertiary/aromatic N) is 2. The zero-order valence-corrected chi connectivity index (χ0v) is 16.7. The smallest absolute Gasteiger partial charge is 0.156 e. The van der Waals surface area contributed by atoms with Crippen molar-refractivity contribution < 1.29 is 0 Å². The Hall–Kier alpha value is -1.91. The average Bonchev–Trinajstić information content (AvgIpc) is 2.91. The number of rotatable bonds is 2. The van der Waals surface area contributed by atoms with Gasteiger partial charge in [-0.15, -0.1) is 0 Å². The Bertz CT molecular complexity index is 857. The van der Waals surface area contributed by atoms with E-state index < -0.39 is 0 Å². The third kappa shape index (κ3) is 4.80. The molecule has 0 saturated carbocycles. The lowest BCUT2D eigenvalue weighted by molar-refractivity contribution is 0.585. The van der Waals surface area contributed by atoms with E-state index in [4.69, 9.17) is 21.6 Å². The average molecular weight is 417 g/mol. The highest BCUT2D eigenvalue weighted by Gasteiger charge is 2.20. The monoisotopic (exact) mass is 415 g/mol. The van der Waals surface area contributed by atoms with Crippen LogP contribution in [0.5, 0.6) is 0 Å². The SMILES string of the molecule is CC(C)(C)N=C1C=C(c2ccc(Br)cc2)N=C1Nc1ccc(Cl)cc1. The van der Waals surface area contributed by atoms with Crippen molar-refractivity contribution in [3.63, 3.8) is 0 Å². The lowest BCUT2D eigenvalue weighted by Crippen LogP contribution is -2.23. The number of hydrogen-bond donors (Lipinski definition) is 1. The first-order valence-electron chi connectivity index (χ1n) is 7.99. The van der Waals surface area contributed by atoms with Crippen molar-refractivity contribution in [1.82, 2.24) is 0 Å². The third-order valence-corrected chi connectivity index (χ3v) is 4.23. The van der Waals surface area contributed by atoms with Crippen LogP contribution in [0.1, 0.15) is 26.3 Å². The van der Waals surface area contributed by atoms with Crippen LogP contribution in [0.2, 0.25) is 5.02 Å². The minimum absolute atomic E-state index is 0.191. The number of anilines is 1. The van der Waals surface area contributed by atoms with Crippen LogP contribution in [-0.4, -0.2) is 17.1 Å². The van der Waals surface area contributed by atoms with Crippen molar-refractivity contribution in [2.75, 3.05) is 5.32 Å². The predicted octanol–water partition coefficient (Wildman–Crippen LogP) is 6.21. The maximum absolute atomic E-state index is 5.96. The van der Waals surface area contributed by atoms with Crippen molar-refractivity contribution in [3.8, 4) is 0 Å². The highest BCUT2D eigenvalue weighted by atomic mass is 79.9. The molecule has 25 heavy (non-hydrogen) atoms. The molecule has 0 aliphatic carbocycles. The molecule has 0 aromatic heterocycles. The van der Waals surface area contributed by atoms with Gasteiger partial charge in [0.25, 0.3) is 0 Å². The van der Waals surface area contributed by atoms with E-state index in [-0.39, 0.29) is 5.54 Å². The summed E-state index contributed by atoms with van der Waals surface area (Å²) in [6, 6.07) is 15.7. The molecule has 3 rings (SSSR count). The van der Waals surface area contributed by atoms with Gasteiger partial charge in [0, 0.05) is 20.7 Å². The van der Waals surface area contributed by atoms with Gasteiger partial charge in [0.15, 0.2) is 5.84 Å². The summed E-state index contributed by atoms with van der Waals surface area (Å²) in [4.78, 5) is 9.57. The highest BCUT2D eigenvalue weighted by molar-refractivity contribution is 9.10. The third-order valence-electron chi connectivity index (χ3n) is 3.45. The summed E-state index contributed by atoms with van der Waals surface area (Å²) in [6.45, 7) is 6.22. The second-order valence-electron chi connectivity index (χ2n) is 6.80. The molecular formula is C20H19BrClN3. The van der Waals surface area contributed by atoms with Crippen molar-refractivity contribution in [1.29, 1.82) is 0 Å². The van der Waals surface area contributed by atoms with Crippen LogP contribution in [0.15, 0.2) is 69.1 Å². The molecule has 1 aliphatic heterocycles. The fourth-order valence-corrected chi connectivity index (χ4v) is 2.78. The zero-order valence-electron chi connectivity index (χ0n) is 14.3. The van der Waals surface area contributed by atoms with E-state index in [1.165, 1.54) is 0 Å². The summed E-state index contributed by atoms with van der Waals surface area (Å²) in [5, 5.41) is 4.06. The number of halogens is 2. The maximum atomic E-state index is 5.96. The molecule has 0 atom stereocenters. The molecule has 2 aromatic carbocycles. The van der Waals surface area contributed by atoms with Crippen LogP contribution in [0.25, 0.3) is 5.70 Å². The van der Waals surface area contributed by atoms with Crippen molar-refractivity contribution in [2.24, 2.45) is 9.98 Å². The number of nitrogens with one attached hydrogen (secondary N) is 1. The Morgan fingerprint density at radius 1 is 1.00 bits per heavy atom. The summed E-state index contributed by atoms with van der Waals surface area (Å²) < 4.78 is 1.04. The van der Waals surface area contributed by atoms with Gasteiger partial charge in [-0.1, -0.05) is 39.7 Å². The van der Waals surface area contributed by atoms with Gasteiger partial charge in [0.05, 0.1) is 11.2 Å². The van der Waals surface area contributed by atoms with Crippen molar-refractivity contribution in [3.05, 3.63) is 69.7 Å². The maximum Gasteiger partial charge on any atom is 0.156 e. The summed E-state index contributed by atoms with van der Waals surface area (Å²) in [5.74, 6) is 0.746. The Balaban J connectivity index is 1.95. The number of amidine groups is 1. The lowest BCUT2D eigenvalue weighted by atomic mass is 10.1. The van der Waals surface area contributed by atoms with Crippen LogP contribution >= 0.6 is 27.5 Å². The van der Waals surface area contributed by atoms with Gasteiger partial charge in [-0.25, -0.2) is 4.99 Å². The Kier molecular flexibility index (Phi) is 5.11. The van der Waals surface area contributed by atoms with Gasteiger partial charge in [0.2, 0.25) is 0 Å². The molecule has 1 heterocycles. The molecule has 0 unspecified atom stereocenters. The van der Waals surface area contributed by atoms with E-state index in [9.17, 15) is 0 Å². The lowest BCUT2D eigenvalue weighted by Gasteiger charge is -2.14. The fourth-order valence-electron chi connectivity index (χ4n) is 2.38. The number of benzene rings is 2. The molecule has 3 nitrogen and oxygen atoms in total. The van der Waals surface area contributed by atoms with Crippen LogP contribution < -0.4 is 5.32 Å². The van der Waals surface area contributed by atoms with E-state index in [0.29, 0.717) is 5.02 Å². The molecule has 0 radical (unpaired) electrons. The minimum atomic E-state index is -0.191. The second kappa shape index (κ2) is 7.14. The second-order valence-corrected chi connectivity index (χ2v) is 8.15. The van der Waals surface area contributed by atoms with E-state index in [0.717, 1.165) is 33.0 Å². The van der Waals surface area contributed by atoms with Crippen LogP contribution in [0.3, 0.4) is 0 Å². The molecule has 1 N–H and O–H groups in total. The first-order valence-corrected chi connectivity index (χ1v) is 9.16. The Morgan fingerprint density at radius 3 is 2.24 bits per heavy atom. The summed E-state index contributed by atoms with van der Waals surface area (Å²) >= 11 is 9.43. The molecule has 0 bridgehead atoms. The van der Waals surface area contributed by atoms with Crippen molar-refractivity contribution >= 4 is 50.5 Å². The van der Waals surface area contributed by atoms with Crippen LogP contribution in [0.4, 0.5) is 5.69 Å². The Morgan fingerprint density at radius 2 is 1.64 bits per heavy atom. The normalized spacial score (nSPS) is 16.0. The highest BCUT2D eigenvalue weighted by Crippen LogP contribution is 2.25. The van der Waals surface area contributed by atoms with Crippen LogP contribution in [0, 0.1) is 0 Å². The number of hydrogen-bond acceptors (Lipinski definition) is 3. The largest absolute Gasteiger partial charge is 0.338 e. The molecule has 1 aliphatic rings. The summed E-state index contributed by atoms with van der Waals surface area (Å²) in [5.41, 5.74) is 3.53. The predicted molar refractivity (Wildman–Crippen MR) is 112 cm³/mol. The first-order chi connectivity index (χ1) is 11.8. The summed E-state index contributed by atoms with van der Waals surface area (Å²) in [6.07, 6.45) is 2.02. The molecule has 2 aromatic rings. The van der Waals surface area contributed by atoms with Gasteiger partial charge < -0.3 is 5.32 Å². The van der Waals surface area contributed by atoms with E-state index in [1.807, 2.05) is 54.6 Å². The van der Waals surface area contributed by atoms with E-state index in [2.05, 4.69) is 42.0 Å². The van der Waals surface area contributed by atoms with Gasteiger partial charge in [-0.05, 0) is 63.2 Å². The number of aliphatic imine (C=N–C) groups is 2. The standard InChI is InChI=1S/C20H19BrClN3/c1-20(2,3)25-18-12-17(13-4-6-14(21)7-5-13)24-19(18)23-16-10-8-15(22)9-11-16/h4-12H,1-3H3,(H,23,24,25). The van der Waals surface area contributed by atoms with Crippen LogP contribution in [-0.2, 0) is 0 Å².